The lowest BCUT2D eigenvalue weighted by Crippen LogP contribution is -2.54. The van der Waals surface area contributed by atoms with E-state index in [9.17, 15) is 14.4 Å². The molecule has 9 heteroatoms. The third-order valence-electron chi connectivity index (χ3n) is 5.09. The Morgan fingerprint density at radius 2 is 1.85 bits per heavy atom. The number of imide groups is 2. The Kier molecular flexibility index (Phi) is 6.67. The fourth-order valence-corrected chi connectivity index (χ4v) is 3.75. The van der Waals surface area contributed by atoms with Crippen LogP contribution in [0.4, 0.5) is 10.5 Å². The molecule has 0 aliphatic carbocycles. The molecule has 168 valence electrons. The lowest BCUT2D eigenvalue weighted by atomic mass is 10.1. The Morgan fingerprint density at radius 1 is 1.09 bits per heavy atom. The zero-order valence-corrected chi connectivity index (χ0v) is 19.9. The number of anilines is 1. The van der Waals surface area contributed by atoms with Crippen LogP contribution in [0.1, 0.15) is 11.3 Å². The van der Waals surface area contributed by atoms with Crippen molar-refractivity contribution < 1.29 is 19.1 Å². The van der Waals surface area contributed by atoms with E-state index in [2.05, 4.69) is 21.2 Å². The number of barbiturate groups is 1. The Balaban J connectivity index is 1.54. The fourth-order valence-electron chi connectivity index (χ4n) is 3.32. The van der Waals surface area contributed by atoms with Gasteiger partial charge in [-0.25, -0.2) is 9.69 Å². The van der Waals surface area contributed by atoms with E-state index in [4.69, 9.17) is 16.3 Å². The van der Waals surface area contributed by atoms with Gasteiger partial charge in [-0.05, 0) is 67.1 Å². The maximum Gasteiger partial charge on any atom is 0.335 e. The SMILES string of the molecule is Cc1ccc(N2C(=O)NC(=O)/C(=C/c3cccn3CCOc3ccc(Br)cc3)C2=O)cc1Cl. The first-order valence-electron chi connectivity index (χ1n) is 10.0. The maximum absolute atomic E-state index is 13.1. The summed E-state index contributed by atoms with van der Waals surface area (Å²) in [7, 11) is 0. The van der Waals surface area contributed by atoms with E-state index in [1.807, 2.05) is 42.0 Å². The van der Waals surface area contributed by atoms with Crippen molar-refractivity contribution >= 4 is 57.1 Å². The van der Waals surface area contributed by atoms with Gasteiger partial charge in [-0.15, -0.1) is 0 Å². The number of aromatic nitrogens is 1. The summed E-state index contributed by atoms with van der Waals surface area (Å²) in [6.45, 7) is 2.70. The van der Waals surface area contributed by atoms with Gasteiger partial charge in [-0.2, -0.15) is 0 Å². The molecular weight excluding hydrogens is 510 g/mol. The van der Waals surface area contributed by atoms with Crippen molar-refractivity contribution in [3.8, 4) is 5.75 Å². The van der Waals surface area contributed by atoms with Gasteiger partial charge in [-0.3, -0.25) is 14.9 Å². The molecule has 1 N–H and O–H groups in total. The second-order valence-electron chi connectivity index (χ2n) is 7.32. The van der Waals surface area contributed by atoms with Crippen molar-refractivity contribution in [1.29, 1.82) is 0 Å². The van der Waals surface area contributed by atoms with Gasteiger partial charge in [0.15, 0.2) is 0 Å². The molecule has 2 aromatic carbocycles. The number of urea groups is 1. The van der Waals surface area contributed by atoms with Crippen molar-refractivity contribution in [3.63, 3.8) is 0 Å². The summed E-state index contributed by atoms with van der Waals surface area (Å²) in [5.41, 5.74) is 1.56. The van der Waals surface area contributed by atoms with E-state index in [1.54, 1.807) is 24.3 Å². The molecule has 0 atom stereocenters. The van der Waals surface area contributed by atoms with Gasteiger partial charge in [0.2, 0.25) is 0 Å². The first-order valence-corrected chi connectivity index (χ1v) is 11.2. The second kappa shape index (κ2) is 9.64. The molecule has 3 aromatic rings. The van der Waals surface area contributed by atoms with Gasteiger partial charge in [0.05, 0.1) is 12.2 Å². The summed E-state index contributed by atoms with van der Waals surface area (Å²) in [6, 6.07) is 15.1. The number of hydrogen-bond acceptors (Lipinski definition) is 4. The molecule has 0 saturated carbocycles. The van der Waals surface area contributed by atoms with Crippen molar-refractivity contribution in [1.82, 2.24) is 9.88 Å². The molecule has 0 spiro atoms. The third-order valence-corrected chi connectivity index (χ3v) is 6.02. The van der Waals surface area contributed by atoms with Gasteiger partial charge in [0.25, 0.3) is 11.8 Å². The minimum absolute atomic E-state index is 0.153. The normalized spacial score (nSPS) is 15.2. The van der Waals surface area contributed by atoms with Crippen LogP contribution in [0.2, 0.25) is 5.02 Å². The van der Waals surface area contributed by atoms with Crippen LogP contribution >= 0.6 is 27.5 Å². The molecule has 2 heterocycles. The average molecular weight is 529 g/mol. The molecule has 4 amide bonds. The number of ether oxygens (including phenoxy) is 1. The van der Waals surface area contributed by atoms with Crippen LogP contribution in [0.25, 0.3) is 6.08 Å². The van der Waals surface area contributed by atoms with Crippen LogP contribution in [-0.4, -0.2) is 29.0 Å². The predicted molar refractivity (Wildman–Crippen MR) is 129 cm³/mol. The molecule has 7 nitrogen and oxygen atoms in total. The molecule has 33 heavy (non-hydrogen) atoms. The zero-order valence-electron chi connectivity index (χ0n) is 17.5. The molecule has 1 fully saturated rings. The number of halogens is 2. The van der Waals surface area contributed by atoms with Crippen LogP contribution in [-0.2, 0) is 16.1 Å². The number of amides is 4. The molecule has 1 aromatic heterocycles. The van der Waals surface area contributed by atoms with Gasteiger partial charge in [-0.1, -0.05) is 33.6 Å². The maximum atomic E-state index is 13.1. The van der Waals surface area contributed by atoms with E-state index in [0.29, 0.717) is 23.9 Å². The smallest absolute Gasteiger partial charge is 0.335 e. The van der Waals surface area contributed by atoms with Crippen LogP contribution in [0.15, 0.2) is 70.8 Å². The number of benzene rings is 2. The summed E-state index contributed by atoms with van der Waals surface area (Å²) in [4.78, 5) is 38.9. The number of rotatable bonds is 6. The number of nitrogens with one attached hydrogen (secondary N) is 1. The molecule has 0 bridgehead atoms. The molecular formula is C24H19BrClN3O4. The Morgan fingerprint density at radius 3 is 2.58 bits per heavy atom. The van der Waals surface area contributed by atoms with Crippen LogP contribution in [0.5, 0.6) is 5.75 Å². The predicted octanol–water partition coefficient (Wildman–Crippen LogP) is 4.96. The van der Waals surface area contributed by atoms with Crippen molar-refractivity contribution in [2.45, 2.75) is 13.5 Å². The number of nitrogens with zero attached hydrogens (tertiary/aromatic N) is 2. The highest BCUT2D eigenvalue weighted by Crippen LogP contribution is 2.26. The molecule has 4 rings (SSSR count). The van der Waals surface area contributed by atoms with E-state index < -0.39 is 17.8 Å². The highest BCUT2D eigenvalue weighted by atomic mass is 79.9. The monoisotopic (exact) mass is 527 g/mol. The highest BCUT2D eigenvalue weighted by Gasteiger charge is 2.37. The quantitative estimate of drug-likeness (QED) is 0.362. The standard InChI is InChI=1S/C24H19BrClN3O4/c1-15-4-7-18(14-21(15)26)29-23(31)20(22(30)27-24(29)32)13-17-3-2-10-28(17)11-12-33-19-8-5-16(25)6-9-19/h2-10,13-14H,11-12H2,1H3,(H,27,30,32)/b20-13-. The summed E-state index contributed by atoms with van der Waals surface area (Å²) in [5, 5.41) is 2.63. The van der Waals surface area contributed by atoms with E-state index in [1.165, 1.54) is 12.1 Å². The largest absolute Gasteiger partial charge is 0.492 e. The minimum atomic E-state index is -0.819. The van der Waals surface area contributed by atoms with Crippen molar-refractivity contribution in [2.75, 3.05) is 11.5 Å². The Labute approximate surface area is 203 Å². The highest BCUT2D eigenvalue weighted by molar-refractivity contribution is 9.10. The Bertz CT molecular complexity index is 1270. The van der Waals surface area contributed by atoms with Crippen LogP contribution in [0.3, 0.4) is 0 Å². The summed E-state index contributed by atoms with van der Waals surface area (Å²) in [6.07, 6.45) is 3.29. The molecule has 1 aliphatic heterocycles. The van der Waals surface area contributed by atoms with Gasteiger partial charge < -0.3 is 9.30 Å². The fraction of sp³-hybridized carbons (Fsp3) is 0.125. The summed E-state index contributed by atoms with van der Waals surface area (Å²) in [5.74, 6) is -0.737. The van der Waals surface area contributed by atoms with E-state index >= 15 is 0 Å². The average Bonchev–Trinajstić information content (AvgIpc) is 3.22. The Hall–Kier alpha value is -3.36. The zero-order chi connectivity index (χ0) is 23.5. The summed E-state index contributed by atoms with van der Waals surface area (Å²) < 4.78 is 8.58. The lowest BCUT2D eigenvalue weighted by molar-refractivity contribution is -0.122. The lowest BCUT2D eigenvalue weighted by Gasteiger charge is -2.26. The van der Waals surface area contributed by atoms with Crippen molar-refractivity contribution in [3.05, 3.63) is 87.1 Å². The number of aryl methyl sites for hydroxylation is 1. The summed E-state index contributed by atoms with van der Waals surface area (Å²) >= 11 is 9.54. The molecule has 1 saturated heterocycles. The number of carbonyl (C=O) groups excluding carboxylic acids is 3. The van der Waals surface area contributed by atoms with E-state index in [0.717, 1.165) is 20.7 Å². The number of hydrogen-bond donors (Lipinski definition) is 1. The topological polar surface area (TPSA) is 80.6 Å². The molecule has 1 aliphatic rings. The van der Waals surface area contributed by atoms with Gasteiger partial charge in [0.1, 0.15) is 17.9 Å². The van der Waals surface area contributed by atoms with Gasteiger partial charge >= 0.3 is 6.03 Å². The van der Waals surface area contributed by atoms with E-state index in [-0.39, 0.29) is 11.3 Å². The van der Waals surface area contributed by atoms with Crippen LogP contribution < -0.4 is 15.0 Å². The van der Waals surface area contributed by atoms with Crippen LogP contribution in [0, 0.1) is 6.92 Å². The number of carbonyl (C=O) groups is 3. The first kappa shape index (κ1) is 22.8. The minimum Gasteiger partial charge on any atom is -0.492 e. The van der Waals surface area contributed by atoms with Gasteiger partial charge in [0, 0.05) is 21.4 Å². The second-order valence-corrected chi connectivity index (χ2v) is 8.64. The third kappa shape index (κ3) is 5.02. The molecule has 0 radical (unpaired) electrons. The first-order chi connectivity index (χ1) is 15.8. The van der Waals surface area contributed by atoms with Crippen molar-refractivity contribution in [2.24, 2.45) is 0 Å². The molecule has 0 unspecified atom stereocenters.